The van der Waals surface area contributed by atoms with Crippen molar-refractivity contribution in [3.63, 3.8) is 0 Å². The van der Waals surface area contributed by atoms with Crippen LogP contribution in [0.1, 0.15) is 24.8 Å². The molecule has 0 aliphatic heterocycles. The highest BCUT2D eigenvalue weighted by Crippen LogP contribution is 2.30. The summed E-state index contributed by atoms with van der Waals surface area (Å²) in [6.07, 6.45) is 3.50. The highest BCUT2D eigenvalue weighted by molar-refractivity contribution is 6.03. The number of hydrogen-bond donors (Lipinski definition) is 2. The Balaban J connectivity index is 2.20. The number of nitrogens with two attached hydrogens (primary N) is 1. The first-order valence-corrected chi connectivity index (χ1v) is 5.46. The van der Waals surface area contributed by atoms with E-state index in [9.17, 15) is 4.79 Å². The highest BCUT2D eigenvalue weighted by Gasteiger charge is 2.24. The Bertz CT molecular complexity index is 396. The van der Waals surface area contributed by atoms with E-state index in [0.29, 0.717) is 5.92 Å². The zero-order valence-corrected chi connectivity index (χ0v) is 9.02. The Labute approximate surface area is 94.5 Å². The van der Waals surface area contributed by atoms with E-state index >= 15 is 0 Å². The van der Waals surface area contributed by atoms with Gasteiger partial charge in [0.05, 0.1) is 5.71 Å². The van der Waals surface area contributed by atoms with Gasteiger partial charge >= 0.3 is 6.03 Å². The third kappa shape index (κ3) is 2.39. The van der Waals surface area contributed by atoms with Gasteiger partial charge in [-0.05, 0) is 18.4 Å². The predicted molar refractivity (Wildman–Crippen MR) is 63.0 cm³/mol. The van der Waals surface area contributed by atoms with Crippen molar-refractivity contribution in [1.82, 2.24) is 5.43 Å². The van der Waals surface area contributed by atoms with Crippen molar-refractivity contribution in [2.45, 2.75) is 19.3 Å². The third-order valence-corrected chi connectivity index (χ3v) is 2.85. The number of nitrogens with one attached hydrogen (secondary N) is 1. The fourth-order valence-corrected chi connectivity index (χ4v) is 1.80. The summed E-state index contributed by atoms with van der Waals surface area (Å²) in [5, 5.41) is 4.11. The van der Waals surface area contributed by atoms with E-state index in [2.05, 4.69) is 10.5 Å². The van der Waals surface area contributed by atoms with Crippen LogP contribution in [0, 0.1) is 5.92 Å². The number of urea groups is 1. The first kappa shape index (κ1) is 10.7. The molecule has 0 bridgehead atoms. The molecule has 4 nitrogen and oxygen atoms in total. The lowest BCUT2D eigenvalue weighted by Crippen LogP contribution is -2.30. The van der Waals surface area contributed by atoms with E-state index in [1.807, 2.05) is 30.3 Å². The van der Waals surface area contributed by atoms with Crippen LogP contribution in [-0.2, 0) is 0 Å². The Morgan fingerprint density at radius 1 is 1.31 bits per heavy atom. The normalized spacial score (nSPS) is 16.6. The fraction of sp³-hybridized carbons (Fsp3) is 0.333. The molecule has 0 saturated heterocycles. The van der Waals surface area contributed by atoms with E-state index in [4.69, 9.17) is 5.73 Å². The van der Waals surface area contributed by atoms with Crippen LogP contribution in [0.4, 0.5) is 4.79 Å². The molecular weight excluding hydrogens is 202 g/mol. The van der Waals surface area contributed by atoms with Gasteiger partial charge in [0.2, 0.25) is 0 Å². The SMILES string of the molecule is NC(=O)N/N=C(/c1ccccc1)C1CCC1. The van der Waals surface area contributed by atoms with Crippen molar-refractivity contribution in [1.29, 1.82) is 0 Å². The highest BCUT2D eigenvalue weighted by atomic mass is 16.2. The molecule has 0 unspecified atom stereocenters. The quantitative estimate of drug-likeness (QED) is 0.589. The Morgan fingerprint density at radius 3 is 2.50 bits per heavy atom. The number of carbonyl (C=O) groups is 1. The van der Waals surface area contributed by atoms with E-state index in [1.165, 1.54) is 6.42 Å². The lowest BCUT2D eigenvalue weighted by atomic mass is 9.79. The van der Waals surface area contributed by atoms with Crippen LogP contribution < -0.4 is 11.2 Å². The van der Waals surface area contributed by atoms with Crippen LogP contribution in [0.2, 0.25) is 0 Å². The minimum Gasteiger partial charge on any atom is -0.350 e. The average molecular weight is 217 g/mol. The number of amides is 2. The molecular formula is C12H15N3O. The monoisotopic (exact) mass is 217 g/mol. The maximum atomic E-state index is 10.7. The molecule has 0 spiro atoms. The molecule has 16 heavy (non-hydrogen) atoms. The molecule has 2 rings (SSSR count). The number of carbonyl (C=O) groups excluding carboxylic acids is 1. The zero-order valence-electron chi connectivity index (χ0n) is 9.02. The van der Waals surface area contributed by atoms with Gasteiger partial charge in [-0.1, -0.05) is 36.8 Å². The van der Waals surface area contributed by atoms with E-state index in [0.717, 1.165) is 24.1 Å². The molecule has 1 fully saturated rings. The van der Waals surface area contributed by atoms with Gasteiger partial charge < -0.3 is 5.73 Å². The molecule has 0 heterocycles. The summed E-state index contributed by atoms with van der Waals surface area (Å²) in [6, 6.07) is 9.28. The number of hydrogen-bond acceptors (Lipinski definition) is 2. The van der Waals surface area contributed by atoms with E-state index in [-0.39, 0.29) is 0 Å². The van der Waals surface area contributed by atoms with Crippen molar-refractivity contribution in [3.8, 4) is 0 Å². The molecule has 1 aromatic carbocycles. The van der Waals surface area contributed by atoms with Gasteiger partial charge in [0.25, 0.3) is 0 Å². The maximum Gasteiger partial charge on any atom is 0.332 e. The first-order valence-electron chi connectivity index (χ1n) is 5.46. The number of nitrogens with zero attached hydrogens (tertiary/aromatic N) is 1. The minimum atomic E-state index is -0.618. The smallest absolute Gasteiger partial charge is 0.332 e. The molecule has 3 N–H and O–H groups in total. The lowest BCUT2D eigenvalue weighted by Gasteiger charge is -2.26. The lowest BCUT2D eigenvalue weighted by molar-refractivity contribution is 0.249. The van der Waals surface area contributed by atoms with Crippen molar-refractivity contribution in [2.24, 2.45) is 16.8 Å². The summed E-state index contributed by atoms with van der Waals surface area (Å²) in [4.78, 5) is 10.7. The van der Waals surface area contributed by atoms with Crippen molar-refractivity contribution >= 4 is 11.7 Å². The van der Waals surface area contributed by atoms with Crippen molar-refractivity contribution in [2.75, 3.05) is 0 Å². The Hall–Kier alpha value is -1.84. The van der Waals surface area contributed by atoms with E-state index in [1.54, 1.807) is 0 Å². The van der Waals surface area contributed by atoms with Gasteiger partial charge in [0.1, 0.15) is 0 Å². The van der Waals surface area contributed by atoms with Gasteiger partial charge in [0, 0.05) is 5.92 Å². The third-order valence-electron chi connectivity index (χ3n) is 2.85. The van der Waals surface area contributed by atoms with Crippen molar-refractivity contribution < 1.29 is 4.79 Å². The summed E-state index contributed by atoms with van der Waals surface area (Å²) in [6.45, 7) is 0. The zero-order chi connectivity index (χ0) is 11.4. The number of hydrazone groups is 1. The summed E-state index contributed by atoms with van der Waals surface area (Å²) in [7, 11) is 0. The van der Waals surface area contributed by atoms with Gasteiger partial charge in [-0.25, -0.2) is 10.2 Å². The standard InChI is InChI=1S/C12H15N3O/c13-12(16)15-14-11(10-7-4-8-10)9-5-2-1-3-6-9/h1-3,5-6,10H,4,7-8H2,(H3,13,15,16)/b14-11-. The van der Waals surface area contributed by atoms with Crippen LogP contribution in [0.25, 0.3) is 0 Å². The summed E-state index contributed by atoms with van der Waals surface area (Å²) < 4.78 is 0. The number of primary amides is 1. The summed E-state index contributed by atoms with van der Waals surface area (Å²) in [5.41, 5.74) is 9.33. The molecule has 4 heteroatoms. The molecule has 1 aromatic rings. The molecule has 0 aromatic heterocycles. The molecule has 84 valence electrons. The number of benzene rings is 1. The van der Waals surface area contributed by atoms with Crippen LogP contribution in [0.15, 0.2) is 35.4 Å². The van der Waals surface area contributed by atoms with Gasteiger partial charge in [-0.3, -0.25) is 0 Å². The average Bonchev–Trinajstić information content (AvgIpc) is 2.22. The Morgan fingerprint density at radius 2 is 2.00 bits per heavy atom. The van der Waals surface area contributed by atoms with Crippen LogP contribution >= 0.6 is 0 Å². The molecule has 0 radical (unpaired) electrons. The largest absolute Gasteiger partial charge is 0.350 e. The fourth-order valence-electron chi connectivity index (χ4n) is 1.80. The van der Waals surface area contributed by atoms with Gasteiger partial charge in [-0.2, -0.15) is 5.10 Å². The Kier molecular flexibility index (Phi) is 3.19. The number of rotatable bonds is 3. The van der Waals surface area contributed by atoms with Crippen LogP contribution in [0.3, 0.4) is 0 Å². The molecule has 0 atom stereocenters. The van der Waals surface area contributed by atoms with Crippen molar-refractivity contribution in [3.05, 3.63) is 35.9 Å². The van der Waals surface area contributed by atoms with Crippen LogP contribution in [0.5, 0.6) is 0 Å². The predicted octanol–water partition coefficient (Wildman–Crippen LogP) is 1.86. The first-order chi connectivity index (χ1) is 7.77. The van der Waals surface area contributed by atoms with Crippen LogP contribution in [-0.4, -0.2) is 11.7 Å². The van der Waals surface area contributed by atoms with Gasteiger partial charge in [-0.15, -0.1) is 0 Å². The molecule has 1 aliphatic rings. The second-order valence-electron chi connectivity index (χ2n) is 3.97. The molecule has 2 amide bonds. The topological polar surface area (TPSA) is 67.5 Å². The molecule has 1 saturated carbocycles. The minimum absolute atomic E-state index is 0.453. The summed E-state index contributed by atoms with van der Waals surface area (Å²) >= 11 is 0. The maximum absolute atomic E-state index is 10.7. The van der Waals surface area contributed by atoms with E-state index < -0.39 is 6.03 Å². The second kappa shape index (κ2) is 4.79. The summed E-state index contributed by atoms with van der Waals surface area (Å²) in [5.74, 6) is 0.453. The van der Waals surface area contributed by atoms with Gasteiger partial charge in [0.15, 0.2) is 0 Å². The molecule has 1 aliphatic carbocycles. The second-order valence-corrected chi connectivity index (χ2v) is 3.97.